The van der Waals surface area contributed by atoms with Crippen molar-refractivity contribution >= 4 is 19.8 Å². The van der Waals surface area contributed by atoms with Crippen molar-refractivity contribution < 1.29 is 51.6 Å². The van der Waals surface area contributed by atoms with Gasteiger partial charge in [0.15, 0.2) is 16.9 Å². The SMILES string of the molecule is CCC(C)(C[C@H]1O[C@@H](c2cc3cc(F)c(C(F)(F)F)[nH]c-3nc2=S)[C@@H](O)C1O)OP(=O)(O)C(O)(CC)CC. The van der Waals surface area contributed by atoms with E-state index in [1.807, 2.05) is 4.98 Å². The van der Waals surface area contributed by atoms with Gasteiger partial charge in [0.1, 0.15) is 28.8 Å². The van der Waals surface area contributed by atoms with Crippen molar-refractivity contribution in [1.82, 2.24) is 9.97 Å². The van der Waals surface area contributed by atoms with Gasteiger partial charge in [0.05, 0.1) is 11.7 Å². The van der Waals surface area contributed by atoms with E-state index in [4.69, 9.17) is 21.5 Å². The number of aromatic nitrogens is 2. The fraction of sp³-hybridized carbons (Fsp3) is 0.652. The van der Waals surface area contributed by atoms with Gasteiger partial charge < -0.3 is 34.5 Å². The lowest BCUT2D eigenvalue weighted by Gasteiger charge is -2.38. The van der Waals surface area contributed by atoms with Crippen molar-refractivity contribution in [1.29, 1.82) is 0 Å². The number of hydrogen-bond acceptors (Lipinski definition) is 8. The van der Waals surface area contributed by atoms with Crippen molar-refractivity contribution in [3.63, 3.8) is 0 Å². The van der Waals surface area contributed by atoms with Crippen molar-refractivity contribution in [2.45, 2.75) is 94.9 Å². The molecule has 15 heteroatoms. The number of fused-ring (bicyclic) bond motifs is 1. The maximum Gasteiger partial charge on any atom is 0.434 e. The Morgan fingerprint density at radius 3 is 2.29 bits per heavy atom. The van der Waals surface area contributed by atoms with E-state index in [0.29, 0.717) is 6.07 Å². The predicted octanol–water partition coefficient (Wildman–Crippen LogP) is 4.83. The Bertz CT molecular complexity index is 1240. The molecule has 0 aromatic rings. The molecule has 0 spiro atoms. The van der Waals surface area contributed by atoms with Gasteiger partial charge in [-0.3, -0.25) is 4.57 Å². The van der Waals surface area contributed by atoms with Crippen molar-refractivity contribution in [2.24, 2.45) is 0 Å². The normalized spacial score (nSPS) is 25.9. The molecule has 0 radical (unpaired) electrons. The molecule has 38 heavy (non-hydrogen) atoms. The summed E-state index contributed by atoms with van der Waals surface area (Å²) in [6.45, 7) is 6.26. The molecule has 3 unspecified atom stereocenters. The molecule has 0 aliphatic carbocycles. The summed E-state index contributed by atoms with van der Waals surface area (Å²) in [6.07, 6.45) is -10.5. The third-order valence-corrected chi connectivity index (χ3v) is 9.84. The maximum absolute atomic E-state index is 14.1. The third kappa shape index (κ3) is 5.83. The summed E-state index contributed by atoms with van der Waals surface area (Å²) in [5.41, 5.74) is -3.03. The van der Waals surface area contributed by atoms with E-state index in [1.165, 1.54) is 13.0 Å². The Balaban J connectivity index is 1.91. The summed E-state index contributed by atoms with van der Waals surface area (Å²) < 4.78 is 77.4. The molecule has 0 aromatic carbocycles. The molecule has 1 fully saturated rings. The number of rotatable bonds is 9. The molecule has 0 bridgehead atoms. The van der Waals surface area contributed by atoms with Crippen LogP contribution < -0.4 is 0 Å². The first-order valence-corrected chi connectivity index (χ1v) is 14.0. The van der Waals surface area contributed by atoms with Crippen LogP contribution in [-0.4, -0.2) is 59.4 Å². The van der Waals surface area contributed by atoms with Crippen LogP contribution in [0.3, 0.4) is 0 Å². The summed E-state index contributed by atoms with van der Waals surface area (Å²) >= 11 is 5.19. The lowest BCUT2D eigenvalue weighted by atomic mass is 9.92. The number of halogens is 4. The molecule has 0 amide bonds. The van der Waals surface area contributed by atoms with Gasteiger partial charge in [0.25, 0.3) is 0 Å². The zero-order chi connectivity index (χ0) is 28.8. The van der Waals surface area contributed by atoms with Gasteiger partial charge in [-0.15, -0.1) is 0 Å². The minimum absolute atomic E-state index is 0.0346. The number of aromatic amines is 1. The Morgan fingerprint density at radius 2 is 1.76 bits per heavy atom. The van der Waals surface area contributed by atoms with Gasteiger partial charge in [-0.1, -0.05) is 33.0 Å². The highest BCUT2D eigenvalue weighted by Crippen LogP contribution is 2.60. The van der Waals surface area contributed by atoms with Gasteiger partial charge >= 0.3 is 13.8 Å². The number of aliphatic hydroxyl groups excluding tert-OH is 2. The number of pyridine rings is 2. The lowest BCUT2D eigenvalue weighted by molar-refractivity contribution is -0.143. The molecule has 6 atom stereocenters. The van der Waals surface area contributed by atoms with Crippen LogP contribution in [0.5, 0.6) is 0 Å². The highest BCUT2D eigenvalue weighted by atomic mass is 32.1. The molecule has 3 aliphatic heterocycles. The van der Waals surface area contributed by atoms with E-state index >= 15 is 0 Å². The standard InChI is InChI=1S/C23H31F4N2O7PS/c1-5-21(4,36-37(33,34)22(32,6-2)7-3)10-14-15(30)16(31)17(35-14)12-8-11-9-13(24)18(23(25,26)27)28-19(11)29-20(12)38/h8-9,14-17,30-32H,5-7,10H2,1-4H3,(H,33,34)(H,28,29,38)/t14-,15?,16+,17+,21?/m1/s1. The minimum atomic E-state index is -4.99. The summed E-state index contributed by atoms with van der Waals surface area (Å²) in [5.74, 6) is -1.90. The Labute approximate surface area is 221 Å². The van der Waals surface area contributed by atoms with Crippen LogP contribution in [0.25, 0.3) is 11.4 Å². The minimum Gasteiger partial charge on any atom is -0.388 e. The quantitative estimate of drug-likeness (QED) is 0.158. The number of alkyl halides is 3. The van der Waals surface area contributed by atoms with E-state index in [-0.39, 0.29) is 47.3 Å². The second-order valence-electron chi connectivity index (χ2n) is 9.70. The maximum atomic E-state index is 14.1. The summed E-state index contributed by atoms with van der Waals surface area (Å²) in [6, 6.07) is 1.84. The van der Waals surface area contributed by atoms with E-state index in [1.54, 1.807) is 20.8 Å². The van der Waals surface area contributed by atoms with Gasteiger partial charge in [-0.25, -0.2) is 9.37 Å². The highest BCUT2D eigenvalue weighted by molar-refractivity contribution is 7.71. The molecule has 3 heterocycles. The molecule has 3 aliphatic rings. The molecular formula is C23H31F4N2O7PS. The lowest BCUT2D eigenvalue weighted by Crippen LogP contribution is -2.40. The molecule has 1 saturated heterocycles. The van der Waals surface area contributed by atoms with Gasteiger partial charge in [-0.05, 0) is 38.3 Å². The van der Waals surface area contributed by atoms with Crippen LogP contribution in [0.15, 0.2) is 12.1 Å². The smallest absolute Gasteiger partial charge is 0.388 e. The van der Waals surface area contributed by atoms with E-state index < -0.39 is 60.6 Å². The molecule has 3 rings (SSSR count). The van der Waals surface area contributed by atoms with Crippen LogP contribution in [0.1, 0.15) is 70.7 Å². The molecular weight excluding hydrogens is 555 g/mol. The van der Waals surface area contributed by atoms with Gasteiger partial charge in [0, 0.05) is 17.5 Å². The van der Waals surface area contributed by atoms with Crippen LogP contribution in [0, 0.1) is 10.5 Å². The fourth-order valence-electron chi connectivity index (χ4n) is 4.41. The first-order valence-electron chi connectivity index (χ1n) is 12.0. The number of aliphatic hydroxyl groups is 3. The highest BCUT2D eigenvalue weighted by Gasteiger charge is 2.51. The molecule has 0 aromatic heterocycles. The number of hydrogen-bond donors (Lipinski definition) is 5. The molecule has 214 valence electrons. The van der Waals surface area contributed by atoms with Crippen LogP contribution in [0.2, 0.25) is 0 Å². The number of nitrogens with one attached hydrogen (secondary N) is 1. The van der Waals surface area contributed by atoms with Crippen molar-refractivity contribution in [3.8, 4) is 11.4 Å². The van der Waals surface area contributed by atoms with Crippen molar-refractivity contribution in [3.05, 3.63) is 33.8 Å². The Morgan fingerprint density at radius 1 is 1.16 bits per heavy atom. The second-order valence-corrected chi connectivity index (χ2v) is 12.1. The van der Waals surface area contributed by atoms with E-state index in [2.05, 4.69) is 4.98 Å². The Hall–Kier alpha value is -1.51. The van der Waals surface area contributed by atoms with Gasteiger partial charge in [0.2, 0.25) is 0 Å². The monoisotopic (exact) mass is 586 g/mol. The Kier molecular flexibility index (Phi) is 8.83. The first-order chi connectivity index (χ1) is 17.4. The molecule has 5 N–H and O–H groups in total. The van der Waals surface area contributed by atoms with Crippen LogP contribution >= 0.6 is 19.8 Å². The summed E-state index contributed by atoms with van der Waals surface area (Å²) in [7, 11) is -4.56. The van der Waals surface area contributed by atoms with Crippen LogP contribution in [-0.2, 0) is 20.0 Å². The largest absolute Gasteiger partial charge is 0.434 e. The fourth-order valence-corrected chi connectivity index (χ4v) is 6.45. The van der Waals surface area contributed by atoms with Crippen molar-refractivity contribution in [2.75, 3.05) is 0 Å². The summed E-state index contributed by atoms with van der Waals surface area (Å²) in [4.78, 5) is 16.3. The van der Waals surface area contributed by atoms with E-state index in [0.717, 1.165) is 0 Å². The topological polar surface area (TPSA) is 145 Å². The number of H-pyrrole nitrogens is 1. The first kappa shape index (κ1) is 31.0. The second kappa shape index (κ2) is 10.8. The predicted molar refractivity (Wildman–Crippen MR) is 130 cm³/mol. The van der Waals surface area contributed by atoms with Crippen LogP contribution in [0.4, 0.5) is 17.6 Å². The zero-order valence-electron chi connectivity index (χ0n) is 21.1. The molecule has 0 saturated carbocycles. The molecule has 9 nitrogen and oxygen atoms in total. The number of ether oxygens (including phenoxy) is 1. The average Bonchev–Trinajstić information content (AvgIpc) is 3.09. The van der Waals surface area contributed by atoms with E-state index in [9.17, 15) is 42.3 Å². The third-order valence-electron chi connectivity index (χ3n) is 7.15. The average molecular weight is 587 g/mol. The number of nitrogens with zero attached hydrogens (tertiary/aromatic N) is 1. The van der Waals surface area contributed by atoms with Gasteiger partial charge in [-0.2, -0.15) is 13.2 Å². The summed E-state index contributed by atoms with van der Waals surface area (Å²) in [5, 5.41) is 30.1. The zero-order valence-corrected chi connectivity index (χ0v) is 22.8.